The fourth-order valence-corrected chi connectivity index (χ4v) is 3.34. The number of hydrogen-bond donors (Lipinski definition) is 1. The lowest BCUT2D eigenvalue weighted by Gasteiger charge is -2.30. The summed E-state index contributed by atoms with van der Waals surface area (Å²) in [6, 6.07) is 5.42. The lowest BCUT2D eigenvalue weighted by atomic mass is 10.1. The second-order valence-electron chi connectivity index (χ2n) is 5.40. The van der Waals surface area contributed by atoms with Crippen molar-refractivity contribution in [2.24, 2.45) is 0 Å². The molecule has 112 valence electrons. The van der Waals surface area contributed by atoms with Crippen molar-refractivity contribution in [1.82, 2.24) is 9.62 Å². The Morgan fingerprint density at radius 2 is 2.00 bits per heavy atom. The van der Waals surface area contributed by atoms with E-state index < -0.39 is 10.0 Å². The molecular weight excluding hydrogens is 279 g/mol. The Morgan fingerprint density at radius 1 is 1.35 bits per heavy atom. The zero-order valence-electron chi connectivity index (χ0n) is 11.9. The van der Waals surface area contributed by atoms with E-state index in [1.54, 1.807) is 13.0 Å². The van der Waals surface area contributed by atoms with E-state index in [1.165, 1.54) is 16.6 Å². The Labute approximate surface area is 120 Å². The third-order valence-corrected chi connectivity index (χ3v) is 5.04. The van der Waals surface area contributed by atoms with Crippen molar-refractivity contribution in [2.45, 2.75) is 32.4 Å². The second-order valence-corrected chi connectivity index (χ2v) is 7.38. The molecule has 6 heteroatoms. The van der Waals surface area contributed by atoms with Gasteiger partial charge in [0.25, 0.3) is 0 Å². The average Bonchev–Trinajstić information content (AvgIpc) is 2.40. The van der Waals surface area contributed by atoms with Gasteiger partial charge >= 0.3 is 0 Å². The van der Waals surface area contributed by atoms with Gasteiger partial charge in [-0.3, -0.25) is 0 Å². The van der Waals surface area contributed by atoms with Crippen LogP contribution >= 0.6 is 0 Å². The Morgan fingerprint density at radius 3 is 2.55 bits per heavy atom. The van der Waals surface area contributed by atoms with Crippen LogP contribution in [0.1, 0.15) is 24.0 Å². The van der Waals surface area contributed by atoms with Gasteiger partial charge in [0, 0.05) is 25.7 Å². The monoisotopic (exact) mass is 300 g/mol. The van der Waals surface area contributed by atoms with Gasteiger partial charge in [-0.1, -0.05) is 12.1 Å². The fraction of sp³-hybridized carbons (Fsp3) is 0.571. The maximum Gasteiger partial charge on any atom is 0.211 e. The van der Waals surface area contributed by atoms with Crippen molar-refractivity contribution in [3.63, 3.8) is 0 Å². The van der Waals surface area contributed by atoms with Crippen molar-refractivity contribution in [2.75, 3.05) is 19.3 Å². The first-order valence-electron chi connectivity index (χ1n) is 6.80. The number of benzene rings is 1. The first kappa shape index (κ1) is 15.4. The maximum atomic E-state index is 13.2. The zero-order valence-corrected chi connectivity index (χ0v) is 12.7. The van der Waals surface area contributed by atoms with Crippen LogP contribution in [0.25, 0.3) is 0 Å². The standard InChI is InChI=1S/C14H21FN2O2S/c1-11-9-12(3-4-14(11)15)10-16-13-5-7-17(8-6-13)20(2,18)19/h3-4,9,13,16H,5-8,10H2,1-2H3. The van der Waals surface area contributed by atoms with E-state index in [0.717, 1.165) is 18.4 Å². The molecule has 0 atom stereocenters. The van der Waals surface area contributed by atoms with Crippen LogP contribution in [0, 0.1) is 12.7 Å². The normalized spacial score (nSPS) is 18.4. The van der Waals surface area contributed by atoms with Gasteiger partial charge in [0.15, 0.2) is 0 Å². The molecule has 4 nitrogen and oxygen atoms in total. The maximum absolute atomic E-state index is 13.2. The van der Waals surface area contributed by atoms with Crippen molar-refractivity contribution in [3.05, 3.63) is 35.1 Å². The Balaban J connectivity index is 1.83. The molecule has 0 radical (unpaired) electrons. The predicted octanol–water partition coefficient (Wildman–Crippen LogP) is 1.65. The van der Waals surface area contributed by atoms with Crippen LogP contribution < -0.4 is 5.32 Å². The molecule has 0 aliphatic carbocycles. The minimum Gasteiger partial charge on any atom is -0.310 e. The molecule has 0 unspecified atom stereocenters. The summed E-state index contributed by atoms with van der Waals surface area (Å²) >= 11 is 0. The predicted molar refractivity (Wildman–Crippen MR) is 77.4 cm³/mol. The summed E-state index contributed by atoms with van der Waals surface area (Å²) in [7, 11) is -3.06. The molecular formula is C14H21FN2O2S. The van der Waals surface area contributed by atoms with Gasteiger partial charge < -0.3 is 5.32 Å². The number of halogens is 1. The Bertz CT molecular complexity index is 567. The van der Waals surface area contributed by atoms with Crippen LogP contribution in [0.15, 0.2) is 18.2 Å². The summed E-state index contributed by atoms with van der Waals surface area (Å²) < 4.78 is 37.5. The summed E-state index contributed by atoms with van der Waals surface area (Å²) in [6.45, 7) is 3.58. The third kappa shape index (κ3) is 4.01. The summed E-state index contributed by atoms with van der Waals surface area (Å²) in [5.74, 6) is -0.185. The quantitative estimate of drug-likeness (QED) is 0.920. The highest BCUT2D eigenvalue weighted by Crippen LogP contribution is 2.14. The van der Waals surface area contributed by atoms with E-state index in [9.17, 15) is 12.8 Å². The lowest BCUT2D eigenvalue weighted by molar-refractivity contribution is 0.290. The number of nitrogens with one attached hydrogen (secondary N) is 1. The van der Waals surface area contributed by atoms with Crippen LogP contribution in [-0.4, -0.2) is 38.1 Å². The number of aryl methyl sites for hydroxylation is 1. The number of piperidine rings is 1. The van der Waals surface area contributed by atoms with Crippen molar-refractivity contribution < 1.29 is 12.8 Å². The molecule has 2 rings (SSSR count). The highest BCUT2D eigenvalue weighted by atomic mass is 32.2. The highest BCUT2D eigenvalue weighted by molar-refractivity contribution is 7.88. The molecule has 1 aliphatic heterocycles. The molecule has 1 heterocycles. The van der Waals surface area contributed by atoms with Crippen LogP contribution in [0.3, 0.4) is 0 Å². The van der Waals surface area contributed by atoms with E-state index in [-0.39, 0.29) is 5.82 Å². The molecule has 20 heavy (non-hydrogen) atoms. The number of hydrogen-bond acceptors (Lipinski definition) is 3. The lowest BCUT2D eigenvalue weighted by Crippen LogP contribution is -2.44. The Kier molecular flexibility index (Phi) is 4.78. The number of nitrogens with zero attached hydrogens (tertiary/aromatic N) is 1. The molecule has 1 saturated heterocycles. The molecule has 1 aromatic carbocycles. The average molecular weight is 300 g/mol. The van der Waals surface area contributed by atoms with Gasteiger partial charge in [-0.25, -0.2) is 17.1 Å². The van der Waals surface area contributed by atoms with E-state index in [0.29, 0.717) is 31.2 Å². The molecule has 0 amide bonds. The topological polar surface area (TPSA) is 49.4 Å². The molecule has 0 spiro atoms. The van der Waals surface area contributed by atoms with Crippen LogP contribution in [0.2, 0.25) is 0 Å². The van der Waals surface area contributed by atoms with Crippen molar-refractivity contribution in [1.29, 1.82) is 0 Å². The summed E-state index contributed by atoms with van der Waals surface area (Å²) in [4.78, 5) is 0. The largest absolute Gasteiger partial charge is 0.310 e. The van der Waals surface area contributed by atoms with Crippen LogP contribution in [0.4, 0.5) is 4.39 Å². The molecule has 1 fully saturated rings. The molecule has 0 saturated carbocycles. The van der Waals surface area contributed by atoms with Gasteiger partial charge in [0.1, 0.15) is 5.82 Å². The van der Waals surface area contributed by atoms with E-state index in [1.807, 2.05) is 6.07 Å². The minimum atomic E-state index is -3.06. The fourth-order valence-electron chi connectivity index (χ4n) is 2.47. The van der Waals surface area contributed by atoms with Gasteiger partial charge in [-0.2, -0.15) is 0 Å². The summed E-state index contributed by atoms with van der Waals surface area (Å²) in [6.07, 6.45) is 2.88. The molecule has 1 aliphatic rings. The molecule has 1 aromatic rings. The molecule has 1 N–H and O–H groups in total. The molecule has 0 bridgehead atoms. The first-order valence-corrected chi connectivity index (χ1v) is 8.64. The van der Waals surface area contributed by atoms with Crippen molar-refractivity contribution >= 4 is 10.0 Å². The second kappa shape index (κ2) is 6.20. The van der Waals surface area contributed by atoms with Gasteiger partial charge in [-0.15, -0.1) is 0 Å². The Hall–Kier alpha value is -0.980. The van der Waals surface area contributed by atoms with E-state index in [4.69, 9.17) is 0 Å². The molecule has 0 aromatic heterocycles. The van der Waals surface area contributed by atoms with E-state index >= 15 is 0 Å². The summed E-state index contributed by atoms with van der Waals surface area (Å²) in [5.41, 5.74) is 1.70. The van der Waals surface area contributed by atoms with Gasteiger partial charge in [0.05, 0.1) is 6.26 Å². The third-order valence-electron chi connectivity index (χ3n) is 3.74. The minimum absolute atomic E-state index is 0.185. The van der Waals surface area contributed by atoms with Crippen molar-refractivity contribution in [3.8, 4) is 0 Å². The highest BCUT2D eigenvalue weighted by Gasteiger charge is 2.24. The number of rotatable bonds is 4. The number of sulfonamides is 1. The SMILES string of the molecule is Cc1cc(CNC2CCN(S(C)(=O)=O)CC2)ccc1F. The van der Waals surface area contributed by atoms with Gasteiger partial charge in [0.2, 0.25) is 10.0 Å². The van der Waals surface area contributed by atoms with E-state index in [2.05, 4.69) is 5.32 Å². The summed E-state index contributed by atoms with van der Waals surface area (Å²) in [5, 5.41) is 3.41. The first-order chi connectivity index (χ1) is 9.36. The van der Waals surface area contributed by atoms with Crippen LogP contribution in [-0.2, 0) is 16.6 Å². The smallest absolute Gasteiger partial charge is 0.211 e. The van der Waals surface area contributed by atoms with Gasteiger partial charge in [-0.05, 0) is 37.0 Å². The zero-order chi connectivity index (χ0) is 14.8. The van der Waals surface area contributed by atoms with Crippen LogP contribution in [0.5, 0.6) is 0 Å².